The lowest BCUT2D eigenvalue weighted by atomic mass is 10.1. The summed E-state index contributed by atoms with van der Waals surface area (Å²) in [7, 11) is 0. The first-order valence-electron chi connectivity index (χ1n) is 9.50. The van der Waals surface area contributed by atoms with Crippen molar-refractivity contribution in [1.82, 2.24) is 15.1 Å². The molecule has 1 aliphatic rings. The third kappa shape index (κ3) is 5.50. The minimum atomic E-state index is -0.0446. The van der Waals surface area contributed by atoms with Crippen LogP contribution >= 0.6 is 24.0 Å². The molecule has 1 N–H and O–H groups in total. The second kappa shape index (κ2) is 10.5. The highest BCUT2D eigenvalue weighted by Crippen LogP contribution is 2.13. The van der Waals surface area contributed by atoms with E-state index in [2.05, 4.69) is 49.2 Å². The Kier molecular flexibility index (Phi) is 8.35. The Bertz CT molecular complexity index is 797. The van der Waals surface area contributed by atoms with Crippen LogP contribution in [0.1, 0.15) is 34.2 Å². The molecule has 2 aromatic rings. The van der Waals surface area contributed by atoms with Gasteiger partial charge in [0.25, 0.3) is 5.91 Å². The molecular weight excluding hydrogens is 467 g/mol. The average Bonchev–Trinajstić information content (AvgIpc) is 3.21. The number of aryl methyl sites for hydroxylation is 2. The molecule has 1 fully saturated rings. The molecular formula is C21H29IN4O2. The summed E-state index contributed by atoms with van der Waals surface area (Å²) in [5.41, 5.74) is 3.77. The van der Waals surface area contributed by atoms with E-state index in [-0.39, 0.29) is 29.9 Å². The lowest BCUT2D eigenvalue weighted by Crippen LogP contribution is -2.53. The molecule has 6 nitrogen and oxygen atoms in total. The predicted molar refractivity (Wildman–Crippen MR) is 122 cm³/mol. The molecule has 0 unspecified atom stereocenters. The fourth-order valence-electron chi connectivity index (χ4n) is 3.29. The van der Waals surface area contributed by atoms with Crippen LogP contribution in [0.3, 0.4) is 0 Å². The number of rotatable bonds is 4. The fourth-order valence-corrected chi connectivity index (χ4v) is 3.29. The number of benzene rings is 1. The highest BCUT2D eigenvalue weighted by Gasteiger charge is 2.25. The second-order valence-electron chi connectivity index (χ2n) is 6.86. The van der Waals surface area contributed by atoms with Crippen molar-refractivity contribution in [2.75, 3.05) is 32.7 Å². The van der Waals surface area contributed by atoms with Crippen LogP contribution in [0.5, 0.6) is 0 Å². The number of carbonyl (C=O) groups is 1. The van der Waals surface area contributed by atoms with Crippen molar-refractivity contribution in [2.45, 2.75) is 27.3 Å². The number of halogens is 1. The molecule has 0 saturated carbocycles. The van der Waals surface area contributed by atoms with Gasteiger partial charge < -0.3 is 19.5 Å². The fraction of sp³-hybridized carbons (Fsp3) is 0.429. The van der Waals surface area contributed by atoms with Crippen LogP contribution in [0.15, 0.2) is 46.0 Å². The zero-order valence-electron chi connectivity index (χ0n) is 16.8. The van der Waals surface area contributed by atoms with Gasteiger partial charge in [0.1, 0.15) is 0 Å². The maximum absolute atomic E-state index is 12.4. The highest BCUT2D eigenvalue weighted by atomic mass is 127. The van der Waals surface area contributed by atoms with E-state index in [1.54, 1.807) is 12.1 Å². The van der Waals surface area contributed by atoms with Crippen LogP contribution in [-0.4, -0.2) is 54.4 Å². The smallest absolute Gasteiger partial charge is 0.289 e. The molecule has 0 bridgehead atoms. The highest BCUT2D eigenvalue weighted by molar-refractivity contribution is 14.0. The van der Waals surface area contributed by atoms with E-state index in [0.717, 1.165) is 25.6 Å². The first-order valence-corrected chi connectivity index (χ1v) is 9.50. The SMILES string of the molecule is CCNC(=NCc1ccc(C)cc1C)N1CCN(C(=O)c2ccco2)CC1.I. The van der Waals surface area contributed by atoms with Gasteiger partial charge in [0, 0.05) is 32.7 Å². The molecule has 1 aromatic heterocycles. The summed E-state index contributed by atoms with van der Waals surface area (Å²) in [6.07, 6.45) is 1.53. The van der Waals surface area contributed by atoms with E-state index in [4.69, 9.17) is 9.41 Å². The second-order valence-corrected chi connectivity index (χ2v) is 6.86. The molecule has 0 atom stereocenters. The lowest BCUT2D eigenvalue weighted by molar-refractivity contribution is 0.0657. The van der Waals surface area contributed by atoms with Gasteiger partial charge >= 0.3 is 0 Å². The predicted octanol–water partition coefficient (Wildman–Crippen LogP) is 3.44. The average molecular weight is 496 g/mol. The molecule has 1 saturated heterocycles. The number of guanidine groups is 1. The molecule has 28 heavy (non-hydrogen) atoms. The standard InChI is InChI=1S/C21H28N4O2.HI/c1-4-22-21(23-15-18-8-7-16(2)14-17(18)3)25-11-9-24(10-12-25)20(26)19-6-5-13-27-19;/h5-8,13-14H,4,9-12,15H2,1-3H3,(H,22,23);1H. The zero-order valence-corrected chi connectivity index (χ0v) is 19.1. The van der Waals surface area contributed by atoms with Crippen LogP contribution in [0, 0.1) is 13.8 Å². The normalized spacial score (nSPS) is 14.6. The number of hydrogen-bond donors (Lipinski definition) is 1. The zero-order chi connectivity index (χ0) is 19.2. The van der Waals surface area contributed by atoms with Crippen LogP contribution < -0.4 is 5.32 Å². The summed E-state index contributed by atoms with van der Waals surface area (Å²) >= 11 is 0. The Hall–Kier alpha value is -2.03. The largest absolute Gasteiger partial charge is 0.459 e. The first-order chi connectivity index (χ1) is 13.1. The summed E-state index contributed by atoms with van der Waals surface area (Å²) in [6.45, 7) is 10.6. The number of nitrogens with zero attached hydrogens (tertiary/aromatic N) is 3. The first kappa shape index (κ1) is 22.3. The number of hydrogen-bond acceptors (Lipinski definition) is 3. The number of nitrogens with one attached hydrogen (secondary N) is 1. The topological polar surface area (TPSA) is 61.1 Å². The van der Waals surface area contributed by atoms with Gasteiger partial charge in [-0.1, -0.05) is 23.8 Å². The molecule has 0 aliphatic carbocycles. The van der Waals surface area contributed by atoms with E-state index in [1.165, 1.54) is 23.0 Å². The third-order valence-electron chi connectivity index (χ3n) is 4.83. The van der Waals surface area contributed by atoms with Gasteiger partial charge in [-0.2, -0.15) is 0 Å². The van der Waals surface area contributed by atoms with Crippen LogP contribution in [0.25, 0.3) is 0 Å². The summed E-state index contributed by atoms with van der Waals surface area (Å²) in [5.74, 6) is 1.26. The van der Waals surface area contributed by atoms with Crippen molar-refractivity contribution in [2.24, 2.45) is 4.99 Å². The Labute approximate surface area is 184 Å². The van der Waals surface area contributed by atoms with Gasteiger partial charge in [-0.15, -0.1) is 24.0 Å². The van der Waals surface area contributed by atoms with E-state index in [0.29, 0.717) is 25.4 Å². The molecule has 0 spiro atoms. The lowest BCUT2D eigenvalue weighted by Gasteiger charge is -2.36. The van der Waals surface area contributed by atoms with Crippen molar-refractivity contribution in [1.29, 1.82) is 0 Å². The summed E-state index contributed by atoms with van der Waals surface area (Å²) in [4.78, 5) is 21.3. The minimum absolute atomic E-state index is 0. The molecule has 3 rings (SSSR count). The molecule has 1 aliphatic heterocycles. The van der Waals surface area contributed by atoms with E-state index in [9.17, 15) is 4.79 Å². The summed E-state index contributed by atoms with van der Waals surface area (Å²) in [6, 6.07) is 9.93. The molecule has 7 heteroatoms. The quantitative estimate of drug-likeness (QED) is 0.401. The molecule has 0 radical (unpaired) electrons. The van der Waals surface area contributed by atoms with Gasteiger partial charge in [0.05, 0.1) is 12.8 Å². The number of aliphatic imine (C=N–C) groups is 1. The van der Waals surface area contributed by atoms with Crippen molar-refractivity contribution in [3.05, 3.63) is 59.0 Å². The van der Waals surface area contributed by atoms with E-state index >= 15 is 0 Å². The van der Waals surface area contributed by atoms with Crippen LogP contribution in [0.4, 0.5) is 0 Å². The number of amides is 1. The van der Waals surface area contributed by atoms with Gasteiger partial charge in [-0.05, 0) is 44.0 Å². The Morgan fingerprint density at radius 1 is 1.14 bits per heavy atom. The Morgan fingerprint density at radius 3 is 2.46 bits per heavy atom. The van der Waals surface area contributed by atoms with Crippen LogP contribution in [-0.2, 0) is 6.54 Å². The van der Waals surface area contributed by atoms with E-state index < -0.39 is 0 Å². The van der Waals surface area contributed by atoms with Gasteiger partial charge in [-0.3, -0.25) is 4.79 Å². The van der Waals surface area contributed by atoms with Crippen LogP contribution in [0.2, 0.25) is 0 Å². The van der Waals surface area contributed by atoms with Crippen molar-refractivity contribution in [3.63, 3.8) is 0 Å². The minimum Gasteiger partial charge on any atom is -0.459 e. The Morgan fingerprint density at radius 2 is 1.86 bits per heavy atom. The van der Waals surface area contributed by atoms with Crippen molar-refractivity contribution < 1.29 is 9.21 Å². The van der Waals surface area contributed by atoms with Gasteiger partial charge in [0.15, 0.2) is 11.7 Å². The number of piperazine rings is 1. The monoisotopic (exact) mass is 496 g/mol. The van der Waals surface area contributed by atoms with Gasteiger partial charge in [-0.25, -0.2) is 4.99 Å². The van der Waals surface area contributed by atoms with Crippen molar-refractivity contribution in [3.8, 4) is 0 Å². The third-order valence-corrected chi connectivity index (χ3v) is 4.83. The van der Waals surface area contributed by atoms with Crippen molar-refractivity contribution >= 4 is 35.8 Å². The maximum atomic E-state index is 12.4. The molecule has 152 valence electrons. The maximum Gasteiger partial charge on any atom is 0.289 e. The van der Waals surface area contributed by atoms with Gasteiger partial charge in [0.2, 0.25) is 0 Å². The molecule has 1 amide bonds. The van der Waals surface area contributed by atoms with E-state index in [1.807, 2.05) is 4.90 Å². The Balaban J connectivity index is 0.00000280. The summed E-state index contributed by atoms with van der Waals surface area (Å²) < 4.78 is 5.23. The molecule has 1 aromatic carbocycles. The molecule has 2 heterocycles. The number of carbonyl (C=O) groups excluding carboxylic acids is 1. The summed E-state index contributed by atoms with van der Waals surface area (Å²) in [5, 5.41) is 3.38. The number of furan rings is 1.